The molecule has 2 aromatic rings. The largest absolute Gasteiger partial charge is 0.474 e. The van der Waals surface area contributed by atoms with Crippen molar-refractivity contribution in [3.63, 3.8) is 0 Å². The van der Waals surface area contributed by atoms with Crippen LogP contribution in [0.15, 0.2) is 42.6 Å². The smallest absolute Gasteiger partial charge is 0.417 e. The standard InChI is InChI=1S/C23H28F3N3O2/c1-22(2,3)15-4-7-17(8-5-15)28-21(30)29-18-9-11-19(12-10-18)31-20-13-6-16(14-27-20)23(24,25)26/h4-8,13-14,18-19H,9-12H2,1-3H3,(H2,28,29,30). The van der Waals surface area contributed by atoms with E-state index in [2.05, 4.69) is 36.4 Å². The monoisotopic (exact) mass is 435 g/mol. The molecule has 168 valence electrons. The minimum atomic E-state index is -4.41. The summed E-state index contributed by atoms with van der Waals surface area (Å²) in [6.07, 6.45) is -0.938. The second-order valence-electron chi connectivity index (χ2n) is 8.90. The molecule has 0 bridgehead atoms. The number of aromatic nitrogens is 1. The van der Waals surface area contributed by atoms with Crippen LogP contribution in [0.25, 0.3) is 0 Å². The number of ether oxygens (including phenoxy) is 1. The number of benzene rings is 1. The Morgan fingerprint density at radius 1 is 0.968 bits per heavy atom. The molecule has 0 aliphatic heterocycles. The first-order valence-corrected chi connectivity index (χ1v) is 10.4. The first-order valence-electron chi connectivity index (χ1n) is 10.4. The molecule has 0 unspecified atom stereocenters. The van der Waals surface area contributed by atoms with Gasteiger partial charge in [-0.2, -0.15) is 13.2 Å². The van der Waals surface area contributed by atoms with Crippen molar-refractivity contribution in [3.05, 3.63) is 53.7 Å². The molecular weight excluding hydrogens is 407 g/mol. The van der Waals surface area contributed by atoms with Gasteiger partial charge in [0.15, 0.2) is 0 Å². The summed E-state index contributed by atoms with van der Waals surface area (Å²) >= 11 is 0. The van der Waals surface area contributed by atoms with Crippen LogP contribution in [0.1, 0.15) is 57.6 Å². The third-order valence-corrected chi connectivity index (χ3v) is 5.37. The Bertz CT molecular complexity index is 867. The number of nitrogens with zero attached hydrogens (tertiary/aromatic N) is 1. The van der Waals surface area contributed by atoms with E-state index in [9.17, 15) is 18.0 Å². The Kier molecular flexibility index (Phi) is 6.77. The molecule has 31 heavy (non-hydrogen) atoms. The molecule has 0 saturated heterocycles. The molecular formula is C23H28F3N3O2. The van der Waals surface area contributed by atoms with E-state index in [0.717, 1.165) is 30.8 Å². The van der Waals surface area contributed by atoms with Gasteiger partial charge in [-0.05, 0) is 54.9 Å². The fourth-order valence-electron chi connectivity index (χ4n) is 3.52. The summed E-state index contributed by atoms with van der Waals surface area (Å²) in [7, 11) is 0. The molecule has 5 nitrogen and oxygen atoms in total. The van der Waals surface area contributed by atoms with Crippen LogP contribution >= 0.6 is 0 Å². The van der Waals surface area contributed by atoms with Crippen LogP contribution in [0, 0.1) is 0 Å². The minimum absolute atomic E-state index is 0.0225. The quantitative estimate of drug-likeness (QED) is 0.628. The molecule has 1 saturated carbocycles. The number of alkyl halides is 3. The Labute approximate surface area is 180 Å². The summed E-state index contributed by atoms with van der Waals surface area (Å²) in [5.74, 6) is 0.181. The zero-order chi connectivity index (χ0) is 22.6. The third-order valence-electron chi connectivity index (χ3n) is 5.37. The highest BCUT2D eigenvalue weighted by atomic mass is 19.4. The number of halogens is 3. The summed E-state index contributed by atoms with van der Waals surface area (Å²) < 4.78 is 43.5. The number of urea groups is 1. The Balaban J connectivity index is 1.43. The van der Waals surface area contributed by atoms with Gasteiger partial charge in [0.05, 0.1) is 5.56 Å². The van der Waals surface area contributed by atoms with Gasteiger partial charge in [0.25, 0.3) is 0 Å². The van der Waals surface area contributed by atoms with Crippen molar-refractivity contribution in [2.75, 3.05) is 5.32 Å². The molecule has 1 aliphatic rings. The Hall–Kier alpha value is -2.77. The minimum Gasteiger partial charge on any atom is -0.474 e. The maximum Gasteiger partial charge on any atom is 0.417 e. The molecule has 0 radical (unpaired) electrons. The van der Waals surface area contributed by atoms with Crippen LogP contribution in [-0.2, 0) is 11.6 Å². The van der Waals surface area contributed by atoms with E-state index >= 15 is 0 Å². The predicted molar refractivity (Wildman–Crippen MR) is 113 cm³/mol. The number of hydrogen-bond acceptors (Lipinski definition) is 3. The number of pyridine rings is 1. The highest BCUT2D eigenvalue weighted by molar-refractivity contribution is 5.89. The predicted octanol–water partition coefficient (Wildman–Crippen LogP) is 5.91. The van der Waals surface area contributed by atoms with Crippen LogP contribution in [0.3, 0.4) is 0 Å². The number of carbonyl (C=O) groups is 1. The van der Waals surface area contributed by atoms with Gasteiger partial charge in [-0.15, -0.1) is 0 Å². The van der Waals surface area contributed by atoms with E-state index in [1.165, 1.54) is 11.6 Å². The molecule has 8 heteroatoms. The maximum absolute atomic E-state index is 12.6. The normalized spacial score (nSPS) is 19.5. The average Bonchev–Trinajstić information content (AvgIpc) is 2.69. The van der Waals surface area contributed by atoms with Gasteiger partial charge < -0.3 is 15.4 Å². The van der Waals surface area contributed by atoms with Gasteiger partial charge in [0.2, 0.25) is 5.88 Å². The summed E-state index contributed by atoms with van der Waals surface area (Å²) in [5.41, 5.74) is 1.18. The number of rotatable bonds is 4. The lowest BCUT2D eigenvalue weighted by atomic mass is 9.87. The summed E-state index contributed by atoms with van der Waals surface area (Å²) in [4.78, 5) is 16.0. The number of anilines is 1. The van der Waals surface area contributed by atoms with Crippen molar-refractivity contribution in [3.8, 4) is 5.88 Å². The van der Waals surface area contributed by atoms with Crippen molar-refractivity contribution >= 4 is 11.7 Å². The van der Waals surface area contributed by atoms with E-state index in [4.69, 9.17) is 4.74 Å². The Morgan fingerprint density at radius 2 is 1.58 bits per heavy atom. The highest BCUT2D eigenvalue weighted by Crippen LogP contribution is 2.30. The SMILES string of the molecule is CC(C)(C)c1ccc(NC(=O)NC2CCC(Oc3ccc(C(F)(F)F)cn3)CC2)cc1. The molecule has 0 spiro atoms. The van der Waals surface area contributed by atoms with Crippen molar-refractivity contribution in [2.45, 2.75) is 70.2 Å². The molecule has 1 heterocycles. The lowest BCUT2D eigenvalue weighted by molar-refractivity contribution is -0.137. The summed E-state index contributed by atoms with van der Waals surface area (Å²) in [6.45, 7) is 6.40. The zero-order valence-electron chi connectivity index (χ0n) is 17.9. The molecule has 1 aliphatic carbocycles. The van der Waals surface area contributed by atoms with Crippen molar-refractivity contribution in [1.82, 2.24) is 10.3 Å². The summed E-state index contributed by atoms with van der Waals surface area (Å²) in [6, 6.07) is 9.77. The molecule has 1 aromatic carbocycles. The van der Waals surface area contributed by atoms with E-state index in [0.29, 0.717) is 12.8 Å². The van der Waals surface area contributed by atoms with Gasteiger partial charge in [0, 0.05) is 24.0 Å². The van der Waals surface area contributed by atoms with Crippen molar-refractivity contribution in [1.29, 1.82) is 0 Å². The fourth-order valence-corrected chi connectivity index (χ4v) is 3.52. The maximum atomic E-state index is 12.6. The Morgan fingerprint density at radius 3 is 2.10 bits per heavy atom. The van der Waals surface area contributed by atoms with Gasteiger partial charge in [-0.1, -0.05) is 32.9 Å². The van der Waals surface area contributed by atoms with E-state index in [1.807, 2.05) is 24.3 Å². The third kappa shape index (κ3) is 6.60. The van der Waals surface area contributed by atoms with Crippen molar-refractivity contribution < 1.29 is 22.7 Å². The van der Waals surface area contributed by atoms with Crippen molar-refractivity contribution in [2.24, 2.45) is 0 Å². The topological polar surface area (TPSA) is 63.2 Å². The highest BCUT2D eigenvalue weighted by Gasteiger charge is 2.31. The molecule has 1 fully saturated rings. The average molecular weight is 435 g/mol. The first-order chi connectivity index (χ1) is 14.5. The van der Waals surface area contributed by atoms with Gasteiger partial charge in [-0.25, -0.2) is 9.78 Å². The summed E-state index contributed by atoms with van der Waals surface area (Å²) in [5, 5.41) is 5.83. The fraction of sp³-hybridized carbons (Fsp3) is 0.478. The number of amides is 2. The second kappa shape index (κ2) is 9.16. The zero-order valence-corrected chi connectivity index (χ0v) is 17.9. The van der Waals surface area contributed by atoms with Gasteiger partial charge >= 0.3 is 12.2 Å². The van der Waals surface area contributed by atoms with Crippen LogP contribution in [0.5, 0.6) is 5.88 Å². The number of nitrogens with one attached hydrogen (secondary N) is 2. The van der Waals surface area contributed by atoms with E-state index < -0.39 is 11.7 Å². The number of carbonyl (C=O) groups excluding carboxylic acids is 1. The lowest BCUT2D eigenvalue weighted by Gasteiger charge is -2.29. The molecule has 2 amide bonds. The van der Waals surface area contributed by atoms with E-state index in [-0.39, 0.29) is 29.5 Å². The van der Waals surface area contributed by atoms with Crippen LogP contribution in [0.2, 0.25) is 0 Å². The molecule has 1 aromatic heterocycles. The van der Waals surface area contributed by atoms with Crippen LogP contribution in [-0.4, -0.2) is 23.2 Å². The second-order valence-corrected chi connectivity index (χ2v) is 8.90. The first kappa shape index (κ1) is 22.9. The lowest BCUT2D eigenvalue weighted by Crippen LogP contribution is -2.41. The molecule has 3 rings (SSSR count). The molecule has 2 N–H and O–H groups in total. The number of hydrogen-bond donors (Lipinski definition) is 2. The van der Waals surface area contributed by atoms with Gasteiger partial charge in [-0.3, -0.25) is 0 Å². The van der Waals surface area contributed by atoms with E-state index in [1.54, 1.807) is 0 Å². The molecule has 0 atom stereocenters. The van der Waals surface area contributed by atoms with Crippen LogP contribution < -0.4 is 15.4 Å². The van der Waals surface area contributed by atoms with Crippen LogP contribution in [0.4, 0.5) is 23.7 Å². The van der Waals surface area contributed by atoms with Gasteiger partial charge in [0.1, 0.15) is 6.10 Å².